The molecular formula is C9H11BF3KN2. The van der Waals surface area contributed by atoms with Crippen LogP contribution in [0, 0.1) is 0 Å². The molecule has 1 atom stereocenters. The smallest absolute Gasteiger partial charge is 0.445 e. The second-order valence-electron chi connectivity index (χ2n) is 3.29. The first-order valence-corrected chi connectivity index (χ1v) is 4.49. The predicted molar refractivity (Wildman–Crippen MR) is 55.0 cm³/mol. The van der Waals surface area contributed by atoms with Gasteiger partial charge in [0.05, 0.1) is 5.69 Å². The molecule has 82 valence electrons. The Kier molecular flexibility index (Phi) is 7.08. The Balaban J connectivity index is 0.00000225. The molecule has 0 aliphatic rings. The predicted octanol–water partition coefficient (Wildman–Crippen LogP) is -0.495. The number of nitrogens with two attached hydrogens (primary N) is 1. The third-order valence-corrected chi connectivity index (χ3v) is 1.82. The summed E-state index contributed by atoms with van der Waals surface area (Å²) < 4.78 is 35.8. The molecule has 0 radical (unpaired) electrons. The van der Waals surface area contributed by atoms with Crippen LogP contribution < -0.4 is 57.1 Å². The maximum Gasteiger partial charge on any atom is 1.00 e. The average Bonchev–Trinajstić information content (AvgIpc) is 2.14. The second kappa shape index (κ2) is 6.93. The van der Waals surface area contributed by atoms with Crippen molar-refractivity contribution >= 4 is 13.1 Å². The van der Waals surface area contributed by atoms with Crippen LogP contribution in [-0.4, -0.2) is 12.0 Å². The van der Waals surface area contributed by atoms with Crippen LogP contribution in [0.3, 0.4) is 0 Å². The van der Waals surface area contributed by atoms with Gasteiger partial charge in [0.2, 0.25) is 0 Å². The van der Waals surface area contributed by atoms with E-state index in [0.717, 1.165) is 11.6 Å². The zero-order valence-electron chi connectivity index (χ0n) is 9.20. The SMILES string of the molecule is CC(N)c1ccnc(/C=C/[B-](F)(F)F)c1.[K+]. The number of hydrogen-bond donors (Lipinski definition) is 1. The Morgan fingerprint density at radius 1 is 1.44 bits per heavy atom. The number of hydrogen-bond acceptors (Lipinski definition) is 2. The normalized spacial score (nSPS) is 13.6. The van der Waals surface area contributed by atoms with Gasteiger partial charge in [0.1, 0.15) is 0 Å². The molecule has 16 heavy (non-hydrogen) atoms. The fraction of sp³-hybridized carbons (Fsp3) is 0.222. The van der Waals surface area contributed by atoms with Gasteiger partial charge in [-0.05, 0) is 24.6 Å². The summed E-state index contributed by atoms with van der Waals surface area (Å²) >= 11 is 0. The van der Waals surface area contributed by atoms with Crippen molar-refractivity contribution in [1.82, 2.24) is 4.98 Å². The topological polar surface area (TPSA) is 38.9 Å². The van der Waals surface area contributed by atoms with E-state index >= 15 is 0 Å². The number of rotatable bonds is 3. The Hall–Kier alpha value is 0.341. The maximum absolute atomic E-state index is 11.9. The van der Waals surface area contributed by atoms with Crippen molar-refractivity contribution in [3.8, 4) is 0 Å². The zero-order chi connectivity index (χ0) is 11.5. The van der Waals surface area contributed by atoms with Crippen molar-refractivity contribution in [1.29, 1.82) is 0 Å². The van der Waals surface area contributed by atoms with Gasteiger partial charge in [-0.3, -0.25) is 4.98 Å². The summed E-state index contributed by atoms with van der Waals surface area (Å²) in [5.74, 6) is 0.216. The largest absolute Gasteiger partial charge is 1.00 e. The first-order valence-electron chi connectivity index (χ1n) is 4.49. The van der Waals surface area contributed by atoms with Gasteiger partial charge in [0, 0.05) is 12.2 Å². The molecule has 0 bridgehead atoms. The minimum Gasteiger partial charge on any atom is -0.445 e. The van der Waals surface area contributed by atoms with Crippen LogP contribution in [-0.2, 0) is 0 Å². The third kappa shape index (κ3) is 6.17. The summed E-state index contributed by atoms with van der Waals surface area (Å²) in [5.41, 5.74) is 6.63. The zero-order valence-corrected chi connectivity index (χ0v) is 12.3. The van der Waals surface area contributed by atoms with Gasteiger partial charge in [-0.25, -0.2) is 0 Å². The van der Waals surface area contributed by atoms with Crippen molar-refractivity contribution < 1.29 is 64.3 Å². The molecule has 7 heteroatoms. The number of aromatic nitrogens is 1. The molecule has 1 heterocycles. The van der Waals surface area contributed by atoms with E-state index < -0.39 is 6.98 Å². The van der Waals surface area contributed by atoms with E-state index in [1.807, 2.05) is 0 Å². The van der Waals surface area contributed by atoms with Crippen molar-refractivity contribution in [2.45, 2.75) is 13.0 Å². The molecule has 0 fully saturated rings. The Labute approximate surface area is 135 Å². The fourth-order valence-corrected chi connectivity index (χ4v) is 1.05. The number of nitrogens with zero attached hydrogens (tertiary/aromatic N) is 1. The molecule has 0 saturated heterocycles. The minimum absolute atomic E-state index is 0. The van der Waals surface area contributed by atoms with E-state index in [4.69, 9.17) is 5.73 Å². The van der Waals surface area contributed by atoms with E-state index in [1.165, 1.54) is 6.20 Å². The van der Waals surface area contributed by atoms with Crippen molar-refractivity contribution in [2.75, 3.05) is 0 Å². The van der Waals surface area contributed by atoms with Gasteiger partial charge in [-0.2, -0.15) is 0 Å². The van der Waals surface area contributed by atoms with Gasteiger partial charge in [0.25, 0.3) is 0 Å². The van der Waals surface area contributed by atoms with Crippen LogP contribution in [0.4, 0.5) is 12.9 Å². The molecule has 0 saturated carbocycles. The van der Waals surface area contributed by atoms with Crippen LogP contribution in [0.5, 0.6) is 0 Å². The molecule has 0 aliphatic heterocycles. The van der Waals surface area contributed by atoms with E-state index in [9.17, 15) is 12.9 Å². The van der Waals surface area contributed by atoms with E-state index in [1.54, 1.807) is 19.1 Å². The average molecular weight is 254 g/mol. The Morgan fingerprint density at radius 2 is 2.06 bits per heavy atom. The Morgan fingerprint density at radius 3 is 2.56 bits per heavy atom. The van der Waals surface area contributed by atoms with Crippen molar-refractivity contribution in [3.05, 3.63) is 35.6 Å². The van der Waals surface area contributed by atoms with Gasteiger partial charge in [0.15, 0.2) is 0 Å². The fourth-order valence-electron chi connectivity index (χ4n) is 1.05. The molecule has 2 nitrogen and oxygen atoms in total. The van der Waals surface area contributed by atoms with E-state index in [2.05, 4.69) is 4.98 Å². The molecule has 1 aromatic heterocycles. The summed E-state index contributed by atoms with van der Waals surface area (Å²) in [6.45, 7) is -3.15. The Bertz CT molecular complexity index is 366. The summed E-state index contributed by atoms with van der Waals surface area (Å²) in [4.78, 5) is 3.79. The van der Waals surface area contributed by atoms with E-state index in [-0.39, 0.29) is 69.1 Å². The van der Waals surface area contributed by atoms with Crippen molar-refractivity contribution in [3.63, 3.8) is 0 Å². The molecule has 0 spiro atoms. The van der Waals surface area contributed by atoms with Crippen LogP contribution in [0.15, 0.2) is 24.3 Å². The maximum atomic E-state index is 11.9. The first kappa shape index (κ1) is 16.3. The summed E-state index contributed by atoms with van der Waals surface area (Å²) in [6.07, 6.45) is 2.40. The van der Waals surface area contributed by atoms with E-state index in [0.29, 0.717) is 0 Å². The molecule has 1 aromatic rings. The molecule has 0 amide bonds. The minimum atomic E-state index is -4.91. The third-order valence-electron chi connectivity index (χ3n) is 1.82. The summed E-state index contributed by atoms with van der Waals surface area (Å²) in [7, 11) is 0. The monoisotopic (exact) mass is 254 g/mol. The van der Waals surface area contributed by atoms with Crippen LogP contribution in [0.1, 0.15) is 24.2 Å². The summed E-state index contributed by atoms with van der Waals surface area (Å²) in [5, 5.41) is 0. The van der Waals surface area contributed by atoms with Gasteiger partial charge in [-0.1, -0.05) is 6.08 Å². The number of halogens is 3. The van der Waals surface area contributed by atoms with Crippen LogP contribution in [0.2, 0.25) is 0 Å². The van der Waals surface area contributed by atoms with Crippen molar-refractivity contribution in [2.24, 2.45) is 5.73 Å². The summed E-state index contributed by atoms with van der Waals surface area (Å²) in [6, 6.07) is 3.01. The van der Waals surface area contributed by atoms with Gasteiger partial charge in [-0.15, -0.1) is 5.98 Å². The molecule has 2 N–H and O–H groups in total. The number of pyridine rings is 1. The molecule has 0 aromatic carbocycles. The molecule has 1 rings (SSSR count). The molecular weight excluding hydrogens is 243 g/mol. The first-order chi connectivity index (χ1) is 6.88. The molecule has 0 aliphatic carbocycles. The quantitative estimate of drug-likeness (QED) is 0.739. The van der Waals surface area contributed by atoms with Crippen LogP contribution >= 0.6 is 0 Å². The van der Waals surface area contributed by atoms with Crippen LogP contribution in [0.25, 0.3) is 6.08 Å². The molecule has 1 unspecified atom stereocenters. The van der Waals surface area contributed by atoms with Gasteiger partial charge < -0.3 is 18.7 Å². The second-order valence-corrected chi connectivity index (χ2v) is 3.29. The standard InChI is InChI=1S/C9H11BF3N2.K/c1-7(14)8-3-5-15-9(6-8)2-4-10(11,12)13;/h2-7H,14H2,1H3;/q-1;+1/b4-2+;. The van der Waals surface area contributed by atoms with Gasteiger partial charge >= 0.3 is 58.4 Å².